The normalized spacial score (nSPS) is 16.6. The maximum atomic E-state index is 13.8. The van der Waals surface area contributed by atoms with Crippen LogP contribution in [0.5, 0.6) is 0 Å². The third kappa shape index (κ3) is 2.69. The van der Waals surface area contributed by atoms with E-state index in [2.05, 4.69) is 5.32 Å². The summed E-state index contributed by atoms with van der Waals surface area (Å²) in [6.07, 6.45) is 1.65. The number of hydrogen-bond acceptors (Lipinski definition) is 3. The Morgan fingerprint density at radius 3 is 2.86 bits per heavy atom. The number of benzene rings is 2. The average Bonchev–Trinajstić information content (AvgIpc) is 2.83. The molecular formula is C15H12ClFN2O2. The Kier molecular flexibility index (Phi) is 3.51. The SMILES string of the molecule is O=[N+]([O-])c1ccc(F)c(NC2CCc3cc(Cl)ccc32)c1. The first-order valence-corrected chi connectivity index (χ1v) is 6.91. The van der Waals surface area contributed by atoms with E-state index >= 15 is 0 Å². The highest BCUT2D eigenvalue weighted by Crippen LogP contribution is 2.36. The molecule has 1 aliphatic rings. The smallest absolute Gasteiger partial charge is 0.271 e. The van der Waals surface area contributed by atoms with Gasteiger partial charge in [-0.15, -0.1) is 0 Å². The average molecular weight is 307 g/mol. The summed E-state index contributed by atoms with van der Waals surface area (Å²) in [6, 6.07) is 9.04. The van der Waals surface area contributed by atoms with Crippen LogP contribution in [0.1, 0.15) is 23.6 Å². The lowest BCUT2D eigenvalue weighted by molar-refractivity contribution is -0.384. The van der Waals surface area contributed by atoms with Crippen molar-refractivity contribution in [3.8, 4) is 0 Å². The van der Waals surface area contributed by atoms with E-state index in [1.54, 1.807) is 6.07 Å². The van der Waals surface area contributed by atoms with Crippen molar-refractivity contribution in [2.75, 3.05) is 5.32 Å². The van der Waals surface area contributed by atoms with Crippen LogP contribution in [0, 0.1) is 15.9 Å². The van der Waals surface area contributed by atoms with Gasteiger partial charge in [0.25, 0.3) is 5.69 Å². The summed E-state index contributed by atoms with van der Waals surface area (Å²) in [5.41, 5.74) is 2.21. The molecule has 0 aromatic heterocycles. The number of nitrogens with zero attached hydrogens (tertiary/aromatic N) is 1. The number of anilines is 1. The van der Waals surface area contributed by atoms with E-state index in [0.717, 1.165) is 36.1 Å². The quantitative estimate of drug-likeness (QED) is 0.671. The fraction of sp³-hybridized carbons (Fsp3) is 0.200. The maximum absolute atomic E-state index is 13.8. The topological polar surface area (TPSA) is 55.2 Å². The van der Waals surface area contributed by atoms with E-state index in [-0.39, 0.29) is 17.4 Å². The van der Waals surface area contributed by atoms with Crippen molar-refractivity contribution in [2.24, 2.45) is 0 Å². The zero-order valence-corrected chi connectivity index (χ0v) is 11.7. The van der Waals surface area contributed by atoms with Gasteiger partial charge in [-0.1, -0.05) is 17.7 Å². The summed E-state index contributed by atoms with van der Waals surface area (Å²) in [5.74, 6) is -0.497. The van der Waals surface area contributed by atoms with Gasteiger partial charge < -0.3 is 5.32 Å². The first-order valence-electron chi connectivity index (χ1n) is 6.53. The lowest BCUT2D eigenvalue weighted by atomic mass is 10.1. The molecule has 0 amide bonds. The molecular weight excluding hydrogens is 295 g/mol. The Morgan fingerprint density at radius 2 is 2.10 bits per heavy atom. The van der Waals surface area contributed by atoms with Crippen molar-refractivity contribution in [3.05, 3.63) is 68.5 Å². The molecule has 1 atom stereocenters. The molecule has 4 nitrogen and oxygen atoms in total. The van der Waals surface area contributed by atoms with E-state index in [1.165, 1.54) is 6.07 Å². The Labute approximate surface area is 125 Å². The first-order chi connectivity index (χ1) is 10.0. The molecule has 1 aliphatic carbocycles. The van der Waals surface area contributed by atoms with Gasteiger partial charge in [0.1, 0.15) is 5.82 Å². The summed E-state index contributed by atoms with van der Waals surface area (Å²) in [4.78, 5) is 10.2. The molecule has 0 saturated heterocycles. The molecule has 3 rings (SSSR count). The van der Waals surface area contributed by atoms with Crippen LogP contribution in [0.15, 0.2) is 36.4 Å². The van der Waals surface area contributed by atoms with Crippen LogP contribution in [0.4, 0.5) is 15.8 Å². The minimum atomic E-state index is -0.535. The third-order valence-corrected chi connectivity index (χ3v) is 3.91. The summed E-state index contributed by atoms with van der Waals surface area (Å²) >= 11 is 5.96. The van der Waals surface area contributed by atoms with Crippen LogP contribution in [-0.2, 0) is 6.42 Å². The summed E-state index contributed by atoms with van der Waals surface area (Å²) in [5, 5.41) is 14.5. The van der Waals surface area contributed by atoms with Crippen molar-refractivity contribution in [3.63, 3.8) is 0 Å². The minimum Gasteiger partial charge on any atom is -0.376 e. The van der Waals surface area contributed by atoms with Crippen molar-refractivity contribution in [2.45, 2.75) is 18.9 Å². The van der Waals surface area contributed by atoms with Gasteiger partial charge in [0, 0.05) is 17.2 Å². The number of non-ortho nitro benzene ring substituents is 1. The molecule has 21 heavy (non-hydrogen) atoms. The van der Waals surface area contributed by atoms with Crippen molar-refractivity contribution in [1.82, 2.24) is 0 Å². The lowest BCUT2D eigenvalue weighted by Gasteiger charge is -2.16. The summed E-state index contributed by atoms with van der Waals surface area (Å²) in [6.45, 7) is 0. The van der Waals surface area contributed by atoms with Crippen LogP contribution < -0.4 is 5.32 Å². The van der Waals surface area contributed by atoms with Gasteiger partial charge in [-0.05, 0) is 42.2 Å². The monoisotopic (exact) mass is 306 g/mol. The highest BCUT2D eigenvalue weighted by atomic mass is 35.5. The predicted octanol–water partition coefficient (Wildman–Crippen LogP) is 4.49. The molecule has 0 bridgehead atoms. The number of aryl methyl sites for hydroxylation is 1. The van der Waals surface area contributed by atoms with Gasteiger partial charge in [-0.25, -0.2) is 4.39 Å². The summed E-state index contributed by atoms with van der Waals surface area (Å²) < 4.78 is 13.8. The van der Waals surface area contributed by atoms with Crippen LogP contribution in [0.2, 0.25) is 5.02 Å². The fourth-order valence-electron chi connectivity index (χ4n) is 2.66. The Morgan fingerprint density at radius 1 is 1.29 bits per heavy atom. The summed E-state index contributed by atoms with van der Waals surface area (Å²) in [7, 11) is 0. The van der Waals surface area contributed by atoms with Gasteiger partial charge >= 0.3 is 0 Å². The Hall–Kier alpha value is -2.14. The van der Waals surface area contributed by atoms with Gasteiger partial charge in [-0.2, -0.15) is 0 Å². The predicted molar refractivity (Wildman–Crippen MR) is 79.2 cm³/mol. The fourth-order valence-corrected chi connectivity index (χ4v) is 2.86. The number of nitrogens with one attached hydrogen (secondary N) is 1. The number of halogens is 2. The van der Waals surface area contributed by atoms with Crippen LogP contribution >= 0.6 is 11.6 Å². The molecule has 0 radical (unpaired) electrons. The van der Waals surface area contributed by atoms with E-state index in [4.69, 9.17) is 11.6 Å². The van der Waals surface area contributed by atoms with E-state index in [1.807, 2.05) is 12.1 Å². The molecule has 2 aromatic rings. The Bertz CT molecular complexity index is 721. The first kappa shape index (κ1) is 13.8. The van der Waals surface area contributed by atoms with E-state index < -0.39 is 10.7 Å². The number of rotatable bonds is 3. The second-order valence-corrected chi connectivity index (χ2v) is 5.44. The number of fused-ring (bicyclic) bond motifs is 1. The number of nitro benzene ring substituents is 1. The second kappa shape index (κ2) is 5.33. The van der Waals surface area contributed by atoms with Crippen LogP contribution in [0.3, 0.4) is 0 Å². The highest BCUT2D eigenvalue weighted by molar-refractivity contribution is 6.30. The highest BCUT2D eigenvalue weighted by Gasteiger charge is 2.24. The third-order valence-electron chi connectivity index (χ3n) is 3.67. The molecule has 1 unspecified atom stereocenters. The molecule has 2 aromatic carbocycles. The van der Waals surface area contributed by atoms with Crippen molar-refractivity contribution in [1.29, 1.82) is 0 Å². The second-order valence-electron chi connectivity index (χ2n) is 5.00. The minimum absolute atomic E-state index is 0.0613. The molecule has 0 aliphatic heterocycles. The molecule has 0 spiro atoms. The van der Waals surface area contributed by atoms with Crippen LogP contribution in [-0.4, -0.2) is 4.92 Å². The molecule has 108 valence electrons. The van der Waals surface area contributed by atoms with Crippen molar-refractivity contribution < 1.29 is 9.31 Å². The van der Waals surface area contributed by atoms with Gasteiger partial charge in [-0.3, -0.25) is 10.1 Å². The van der Waals surface area contributed by atoms with Gasteiger partial charge in [0.15, 0.2) is 0 Å². The largest absolute Gasteiger partial charge is 0.376 e. The maximum Gasteiger partial charge on any atom is 0.271 e. The van der Waals surface area contributed by atoms with Crippen LogP contribution in [0.25, 0.3) is 0 Å². The number of hydrogen-bond donors (Lipinski definition) is 1. The molecule has 1 N–H and O–H groups in total. The molecule has 6 heteroatoms. The van der Waals surface area contributed by atoms with E-state index in [9.17, 15) is 14.5 Å². The Balaban J connectivity index is 1.89. The molecule has 0 saturated carbocycles. The molecule has 0 heterocycles. The molecule has 0 fully saturated rings. The van der Waals surface area contributed by atoms with E-state index in [0.29, 0.717) is 5.02 Å². The zero-order valence-electron chi connectivity index (χ0n) is 11.0. The lowest BCUT2D eigenvalue weighted by Crippen LogP contribution is -2.08. The van der Waals surface area contributed by atoms with Gasteiger partial charge in [0.05, 0.1) is 16.7 Å². The zero-order chi connectivity index (χ0) is 15.0. The standard InChI is InChI=1S/C15H12ClFN2O2/c16-10-2-4-12-9(7-10)1-6-14(12)18-15-8-11(19(20)21)3-5-13(15)17/h2-5,7-8,14,18H,1,6H2. The van der Waals surface area contributed by atoms with Crippen molar-refractivity contribution >= 4 is 23.0 Å². The number of nitro groups is 1. The van der Waals surface area contributed by atoms with Gasteiger partial charge in [0.2, 0.25) is 0 Å².